The van der Waals surface area contributed by atoms with Gasteiger partial charge in [-0.3, -0.25) is 4.79 Å². The molecular formula is C20H26N2O5S. The van der Waals surface area contributed by atoms with Gasteiger partial charge in [0.1, 0.15) is 11.5 Å². The van der Waals surface area contributed by atoms with Gasteiger partial charge in [-0.25, -0.2) is 13.1 Å². The molecule has 0 unspecified atom stereocenters. The van der Waals surface area contributed by atoms with Gasteiger partial charge >= 0.3 is 0 Å². The number of hydrogen-bond donors (Lipinski definition) is 2. The molecule has 152 valence electrons. The predicted molar refractivity (Wildman–Crippen MR) is 107 cm³/mol. The Balaban J connectivity index is 2.25. The molecule has 0 radical (unpaired) electrons. The van der Waals surface area contributed by atoms with E-state index in [4.69, 9.17) is 9.47 Å². The van der Waals surface area contributed by atoms with Gasteiger partial charge in [0.25, 0.3) is 5.91 Å². The van der Waals surface area contributed by atoms with Crippen molar-refractivity contribution in [2.75, 3.05) is 20.3 Å². The fourth-order valence-electron chi connectivity index (χ4n) is 2.68. The summed E-state index contributed by atoms with van der Waals surface area (Å²) < 4.78 is 38.8. The lowest BCUT2D eigenvalue weighted by atomic mass is 10.1. The quantitative estimate of drug-likeness (QED) is 0.668. The molecular weight excluding hydrogens is 380 g/mol. The summed E-state index contributed by atoms with van der Waals surface area (Å²) in [5.41, 5.74) is 0.963. The fourth-order valence-corrected chi connectivity index (χ4v) is 3.93. The van der Waals surface area contributed by atoms with Gasteiger partial charge in [0, 0.05) is 12.6 Å². The first-order valence-electron chi connectivity index (χ1n) is 9.03. The van der Waals surface area contributed by atoms with E-state index in [9.17, 15) is 13.2 Å². The van der Waals surface area contributed by atoms with Crippen molar-refractivity contribution in [3.05, 3.63) is 53.6 Å². The molecule has 1 atom stereocenters. The number of methoxy groups -OCH3 is 1. The van der Waals surface area contributed by atoms with E-state index in [0.29, 0.717) is 18.9 Å². The molecule has 2 rings (SSSR count). The van der Waals surface area contributed by atoms with Crippen LogP contribution in [0.4, 0.5) is 0 Å². The first-order chi connectivity index (χ1) is 13.3. The van der Waals surface area contributed by atoms with Gasteiger partial charge in [-0.2, -0.15) is 0 Å². The van der Waals surface area contributed by atoms with Crippen LogP contribution in [0.15, 0.2) is 47.4 Å². The van der Waals surface area contributed by atoms with Crippen LogP contribution < -0.4 is 19.5 Å². The number of nitrogens with one attached hydrogen (secondary N) is 2. The Morgan fingerprint density at radius 2 is 1.79 bits per heavy atom. The molecule has 0 bridgehead atoms. The Kier molecular flexibility index (Phi) is 7.42. The van der Waals surface area contributed by atoms with Crippen molar-refractivity contribution in [1.29, 1.82) is 0 Å². The maximum Gasteiger partial charge on any atom is 0.255 e. The van der Waals surface area contributed by atoms with Crippen LogP contribution in [0.3, 0.4) is 0 Å². The summed E-state index contributed by atoms with van der Waals surface area (Å²) in [7, 11) is -2.41. The Hall–Kier alpha value is -2.58. The number of rotatable bonds is 9. The lowest BCUT2D eigenvalue weighted by Gasteiger charge is -2.16. The highest BCUT2D eigenvalue weighted by atomic mass is 32.2. The van der Waals surface area contributed by atoms with Gasteiger partial charge in [0.2, 0.25) is 10.0 Å². The molecule has 8 heteroatoms. The Labute approximate surface area is 166 Å². The van der Waals surface area contributed by atoms with Crippen molar-refractivity contribution in [2.24, 2.45) is 0 Å². The van der Waals surface area contributed by atoms with Crippen molar-refractivity contribution in [3.8, 4) is 11.5 Å². The maximum absolute atomic E-state index is 12.8. The van der Waals surface area contributed by atoms with E-state index in [2.05, 4.69) is 10.0 Å². The van der Waals surface area contributed by atoms with E-state index in [1.54, 1.807) is 26.0 Å². The SMILES string of the molecule is CCNC(=O)c1cc(S(=O)(=O)N[C@@H](C)c2ccc(OCC)cc2)ccc1OC. The van der Waals surface area contributed by atoms with Crippen LogP contribution in [-0.4, -0.2) is 34.6 Å². The Morgan fingerprint density at radius 3 is 2.36 bits per heavy atom. The molecule has 0 fully saturated rings. The molecule has 2 N–H and O–H groups in total. The number of benzene rings is 2. The summed E-state index contributed by atoms with van der Waals surface area (Å²) in [6.07, 6.45) is 0. The molecule has 0 saturated carbocycles. The smallest absolute Gasteiger partial charge is 0.255 e. The van der Waals surface area contributed by atoms with Crippen molar-refractivity contribution < 1.29 is 22.7 Å². The van der Waals surface area contributed by atoms with Gasteiger partial charge in [-0.1, -0.05) is 12.1 Å². The zero-order valence-electron chi connectivity index (χ0n) is 16.5. The third-order valence-corrected chi connectivity index (χ3v) is 5.62. The second-order valence-corrected chi connectivity index (χ2v) is 7.78. The second-order valence-electron chi connectivity index (χ2n) is 6.07. The standard InChI is InChI=1S/C20H26N2O5S/c1-5-21-20(23)18-13-17(11-12-19(18)26-4)28(24,25)22-14(3)15-7-9-16(10-8-15)27-6-2/h7-14,22H,5-6H2,1-4H3,(H,21,23)/t14-/m0/s1. The average molecular weight is 407 g/mol. The highest BCUT2D eigenvalue weighted by Gasteiger charge is 2.22. The molecule has 0 aromatic heterocycles. The number of sulfonamides is 1. The van der Waals surface area contributed by atoms with Gasteiger partial charge in [0.05, 0.1) is 24.2 Å². The molecule has 0 aliphatic rings. The minimum Gasteiger partial charge on any atom is -0.496 e. The zero-order valence-corrected chi connectivity index (χ0v) is 17.3. The minimum absolute atomic E-state index is 0.00709. The van der Waals surface area contributed by atoms with Crippen LogP contribution >= 0.6 is 0 Å². The van der Waals surface area contributed by atoms with Gasteiger partial charge < -0.3 is 14.8 Å². The summed E-state index contributed by atoms with van der Waals surface area (Å²) in [6.45, 7) is 6.42. The van der Waals surface area contributed by atoms with Crippen LogP contribution in [0.5, 0.6) is 11.5 Å². The molecule has 2 aromatic rings. The molecule has 0 aliphatic carbocycles. The molecule has 0 heterocycles. The topological polar surface area (TPSA) is 93.7 Å². The van der Waals surface area contributed by atoms with Crippen molar-refractivity contribution >= 4 is 15.9 Å². The van der Waals surface area contributed by atoms with Gasteiger partial charge in [-0.15, -0.1) is 0 Å². The lowest BCUT2D eigenvalue weighted by Crippen LogP contribution is -2.28. The highest BCUT2D eigenvalue weighted by Crippen LogP contribution is 2.24. The summed E-state index contributed by atoms with van der Waals surface area (Å²) in [5.74, 6) is 0.642. The van der Waals surface area contributed by atoms with Crippen LogP contribution in [0.25, 0.3) is 0 Å². The summed E-state index contributed by atoms with van der Waals surface area (Å²) in [6, 6.07) is 11.0. The summed E-state index contributed by atoms with van der Waals surface area (Å²) in [4.78, 5) is 12.2. The van der Waals surface area contributed by atoms with Gasteiger partial charge in [0.15, 0.2) is 0 Å². The third kappa shape index (κ3) is 5.24. The van der Waals surface area contributed by atoms with Gasteiger partial charge in [-0.05, 0) is 56.7 Å². The van der Waals surface area contributed by atoms with E-state index < -0.39 is 22.0 Å². The lowest BCUT2D eigenvalue weighted by molar-refractivity contribution is 0.0952. The second kappa shape index (κ2) is 9.57. The van der Waals surface area contributed by atoms with Crippen molar-refractivity contribution in [1.82, 2.24) is 10.0 Å². The van der Waals surface area contributed by atoms with Crippen molar-refractivity contribution in [3.63, 3.8) is 0 Å². The first-order valence-corrected chi connectivity index (χ1v) is 10.5. The number of carbonyl (C=O) groups excluding carboxylic acids is 1. The predicted octanol–water partition coefficient (Wildman–Crippen LogP) is 2.88. The Morgan fingerprint density at radius 1 is 1.11 bits per heavy atom. The van der Waals surface area contributed by atoms with E-state index in [0.717, 1.165) is 11.3 Å². The number of hydrogen-bond acceptors (Lipinski definition) is 5. The zero-order chi connectivity index (χ0) is 20.7. The normalized spacial score (nSPS) is 12.3. The molecule has 0 saturated heterocycles. The average Bonchev–Trinajstić information content (AvgIpc) is 2.68. The van der Waals surface area contributed by atoms with Crippen LogP contribution in [-0.2, 0) is 10.0 Å². The van der Waals surface area contributed by atoms with E-state index >= 15 is 0 Å². The molecule has 28 heavy (non-hydrogen) atoms. The summed E-state index contributed by atoms with van der Waals surface area (Å²) >= 11 is 0. The third-order valence-electron chi connectivity index (χ3n) is 4.09. The van der Waals surface area contributed by atoms with Crippen molar-refractivity contribution in [2.45, 2.75) is 31.7 Å². The van der Waals surface area contributed by atoms with Crippen LogP contribution in [0, 0.1) is 0 Å². The van der Waals surface area contributed by atoms with E-state index in [-0.39, 0.29) is 10.5 Å². The fraction of sp³-hybridized carbons (Fsp3) is 0.350. The molecule has 7 nitrogen and oxygen atoms in total. The first kappa shape index (κ1) is 21.7. The highest BCUT2D eigenvalue weighted by molar-refractivity contribution is 7.89. The summed E-state index contributed by atoms with van der Waals surface area (Å²) in [5, 5.41) is 2.65. The largest absolute Gasteiger partial charge is 0.496 e. The Bertz CT molecular complexity index is 911. The molecule has 1 amide bonds. The van der Waals surface area contributed by atoms with Crippen LogP contribution in [0.2, 0.25) is 0 Å². The molecule has 0 aliphatic heterocycles. The maximum atomic E-state index is 12.8. The number of amides is 1. The number of ether oxygens (including phenoxy) is 2. The van der Waals surface area contributed by atoms with Crippen LogP contribution in [0.1, 0.15) is 42.7 Å². The van der Waals surface area contributed by atoms with E-state index in [1.165, 1.54) is 25.3 Å². The molecule has 2 aromatic carbocycles. The van der Waals surface area contributed by atoms with E-state index in [1.807, 2.05) is 19.1 Å². The molecule has 0 spiro atoms. The number of carbonyl (C=O) groups is 1. The minimum atomic E-state index is -3.84. The monoisotopic (exact) mass is 406 g/mol.